The summed E-state index contributed by atoms with van der Waals surface area (Å²) < 4.78 is 15.8. The average Bonchev–Trinajstić information content (AvgIpc) is 2.96. The van der Waals surface area contributed by atoms with Crippen LogP contribution < -0.4 is 16.4 Å². The first kappa shape index (κ1) is 37.5. The van der Waals surface area contributed by atoms with Gasteiger partial charge in [0.25, 0.3) is 0 Å². The van der Waals surface area contributed by atoms with E-state index in [1.165, 1.54) is 21.0 Å². The highest BCUT2D eigenvalue weighted by Gasteiger charge is 2.39. The maximum absolute atomic E-state index is 12.9. The van der Waals surface area contributed by atoms with Crippen molar-refractivity contribution in [2.24, 2.45) is 11.1 Å². The molecule has 0 bridgehead atoms. The number of aliphatic hydroxyl groups is 2. The van der Waals surface area contributed by atoms with Gasteiger partial charge in [-0.3, -0.25) is 9.59 Å². The number of hydrogen-bond donors (Lipinski definition) is 6. The van der Waals surface area contributed by atoms with Crippen molar-refractivity contribution >= 4 is 35.4 Å². The molecular formula is C29H42ClN3O10. The van der Waals surface area contributed by atoms with Crippen molar-refractivity contribution in [2.75, 3.05) is 46.6 Å². The van der Waals surface area contributed by atoms with Crippen LogP contribution in [-0.4, -0.2) is 91.9 Å². The van der Waals surface area contributed by atoms with Crippen LogP contribution in [0.3, 0.4) is 0 Å². The fourth-order valence-electron chi connectivity index (χ4n) is 3.95. The van der Waals surface area contributed by atoms with Gasteiger partial charge < -0.3 is 45.9 Å². The third-order valence-electron chi connectivity index (χ3n) is 6.30. The van der Waals surface area contributed by atoms with Gasteiger partial charge in [0.15, 0.2) is 0 Å². The number of nitrogens with one attached hydrogen (secondary N) is 2. The van der Waals surface area contributed by atoms with Crippen LogP contribution in [0.15, 0.2) is 46.8 Å². The standard InChI is InChI=1S/C20H25ClN2O5.C9H17NO5/c1-4-28-20(25)18-15(11-27-10-9-22)23-12(2)16(19(24)26-3)17(18)13-7-5-6-8-14(13)21;1-9(2,5-11)7(14)8(15)10-4-3-6(12)13/h5-8,17,23H,4,9-11,22H2,1-3H3;7,11,14H,3-5H2,1-2H3,(H,10,15)(H,12,13)/t17-;7-/m00/s1. The summed E-state index contributed by atoms with van der Waals surface area (Å²) in [5.41, 5.74) is 6.76. The summed E-state index contributed by atoms with van der Waals surface area (Å²) in [6, 6.07) is 7.05. The molecule has 2 atom stereocenters. The lowest BCUT2D eigenvalue weighted by atomic mass is 9.80. The van der Waals surface area contributed by atoms with E-state index in [2.05, 4.69) is 10.6 Å². The highest BCUT2D eigenvalue weighted by molar-refractivity contribution is 6.31. The Balaban J connectivity index is 0.000000523. The maximum atomic E-state index is 12.9. The molecule has 240 valence electrons. The van der Waals surface area contributed by atoms with E-state index < -0.39 is 41.3 Å². The first-order valence-electron chi connectivity index (χ1n) is 13.5. The number of dihydropyridines is 1. The molecule has 0 saturated carbocycles. The van der Waals surface area contributed by atoms with Gasteiger partial charge >= 0.3 is 17.9 Å². The smallest absolute Gasteiger partial charge is 0.336 e. The van der Waals surface area contributed by atoms with E-state index in [-0.39, 0.29) is 38.4 Å². The Morgan fingerprint density at radius 3 is 2.35 bits per heavy atom. The first-order valence-corrected chi connectivity index (χ1v) is 13.9. The summed E-state index contributed by atoms with van der Waals surface area (Å²) in [4.78, 5) is 46.9. The molecule has 13 nitrogen and oxygen atoms in total. The lowest BCUT2D eigenvalue weighted by Crippen LogP contribution is -2.45. The summed E-state index contributed by atoms with van der Waals surface area (Å²) in [6.45, 7) is 7.12. The summed E-state index contributed by atoms with van der Waals surface area (Å²) in [5.74, 6) is -3.56. The zero-order valence-electron chi connectivity index (χ0n) is 25.1. The van der Waals surface area contributed by atoms with Crippen molar-refractivity contribution in [1.29, 1.82) is 0 Å². The molecule has 0 aromatic heterocycles. The van der Waals surface area contributed by atoms with Gasteiger partial charge in [-0.05, 0) is 25.5 Å². The lowest BCUT2D eigenvalue weighted by Gasteiger charge is -2.31. The second kappa shape index (κ2) is 18.2. The molecule has 0 spiro atoms. The Morgan fingerprint density at radius 2 is 1.81 bits per heavy atom. The van der Waals surface area contributed by atoms with Gasteiger partial charge in [0.2, 0.25) is 5.91 Å². The Labute approximate surface area is 256 Å². The molecule has 1 heterocycles. The van der Waals surface area contributed by atoms with E-state index in [0.717, 1.165) is 0 Å². The van der Waals surface area contributed by atoms with E-state index in [1.807, 2.05) is 0 Å². The van der Waals surface area contributed by atoms with Gasteiger partial charge in [0, 0.05) is 29.2 Å². The normalized spacial score (nSPS) is 15.5. The van der Waals surface area contributed by atoms with Crippen molar-refractivity contribution in [2.45, 2.75) is 46.1 Å². The molecule has 1 aliphatic heterocycles. The lowest BCUT2D eigenvalue weighted by molar-refractivity contribution is -0.140. The molecule has 1 aliphatic rings. The van der Waals surface area contributed by atoms with Crippen LogP contribution in [0.2, 0.25) is 5.02 Å². The van der Waals surface area contributed by atoms with Crippen molar-refractivity contribution in [3.8, 4) is 0 Å². The molecule has 1 aromatic carbocycles. The van der Waals surface area contributed by atoms with Crippen LogP contribution in [0, 0.1) is 5.41 Å². The number of carbonyl (C=O) groups is 4. The number of methoxy groups -OCH3 is 1. The van der Waals surface area contributed by atoms with E-state index in [4.69, 9.17) is 41.8 Å². The van der Waals surface area contributed by atoms with Crippen molar-refractivity contribution in [1.82, 2.24) is 10.6 Å². The van der Waals surface area contributed by atoms with Gasteiger partial charge in [-0.15, -0.1) is 0 Å². The van der Waals surface area contributed by atoms with Crippen LogP contribution in [0.25, 0.3) is 0 Å². The minimum atomic E-state index is -1.35. The molecular weight excluding hydrogens is 586 g/mol. The van der Waals surface area contributed by atoms with Crippen LogP contribution in [-0.2, 0) is 33.4 Å². The van der Waals surface area contributed by atoms with E-state index in [0.29, 0.717) is 40.7 Å². The summed E-state index contributed by atoms with van der Waals surface area (Å²) in [6.07, 6.45) is -1.55. The van der Waals surface area contributed by atoms with E-state index in [1.54, 1.807) is 38.1 Å². The highest BCUT2D eigenvalue weighted by atomic mass is 35.5. The number of ether oxygens (including phenoxy) is 3. The monoisotopic (exact) mass is 627 g/mol. The number of allylic oxidation sites excluding steroid dienone is 1. The van der Waals surface area contributed by atoms with Gasteiger partial charge in [-0.1, -0.05) is 43.6 Å². The number of esters is 2. The number of aliphatic hydroxyl groups excluding tert-OH is 2. The molecule has 43 heavy (non-hydrogen) atoms. The number of hydrogen-bond acceptors (Lipinski definition) is 11. The second-order valence-electron chi connectivity index (χ2n) is 10.0. The Kier molecular flexibility index (Phi) is 15.9. The quantitative estimate of drug-likeness (QED) is 0.127. The zero-order chi connectivity index (χ0) is 32.7. The fourth-order valence-corrected chi connectivity index (χ4v) is 4.19. The van der Waals surface area contributed by atoms with Crippen LogP contribution in [0.5, 0.6) is 0 Å². The topological polar surface area (TPSA) is 207 Å². The summed E-state index contributed by atoms with van der Waals surface area (Å²) >= 11 is 6.42. The predicted octanol–water partition coefficient (Wildman–Crippen LogP) is 1.22. The zero-order valence-corrected chi connectivity index (χ0v) is 25.8. The van der Waals surface area contributed by atoms with Crippen LogP contribution in [0.4, 0.5) is 0 Å². The van der Waals surface area contributed by atoms with Crippen LogP contribution >= 0.6 is 11.6 Å². The van der Waals surface area contributed by atoms with Crippen LogP contribution in [0.1, 0.15) is 45.6 Å². The number of nitrogens with two attached hydrogens (primary N) is 1. The summed E-state index contributed by atoms with van der Waals surface area (Å²) in [5, 5.41) is 32.5. The maximum Gasteiger partial charge on any atom is 0.336 e. The minimum Gasteiger partial charge on any atom is -0.481 e. The number of rotatable bonds is 14. The SMILES string of the molecule is CC(C)(CO)[C@@H](O)C(=O)NCCC(=O)O.CCOC(=O)C1=C(COCCN)NC(C)=C(C(=O)OC)[C@@H]1c1ccccc1Cl. The number of carboxylic acids is 1. The molecule has 1 aromatic rings. The third kappa shape index (κ3) is 10.9. The molecule has 2 rings (SSSR count). The number of carboxylic acid groups (broad SMARTS) is 1. The Hall–Kier alpha value is -3.49. The number of benzene rings is 1. The molecule has 0 fully saturated rings. The molecule has 14 heteroatoms. The summed E-state index contributed by atoms with van der Waals surface area (Å²) in [7, 11) is 1.29. The molecule has 7 N–H and O–H groups in total. The number of amides is 1. The van der Waals surface area contributed by atoms with Gasteiger partial charge in [-0.2, -0.15) is 0 Å². The van der Waals surface area contributed by atoms with Crippen molar-refractivity contribution < 1.29 is 48.7 Å². The Bertz CT molecular complexity index is 1200. The number of aliphatic carboxylic acids is 1. The van der Waals surface area contributed by atoms with Gasteiger partial charge in [0.1, 0.15) is 6.10 Å². The predicted molar refractivity (Wildman–Crippen MR) is 158 cm³/mol. The largest absolute Gasteiger partial charge is 0.481 e. The fraction of sp³-hybridized carbons (Fsp3) is 0.517. The molecule has 0 radical (unpaired) electrons. The van der Waals surface area contributed by atoms with E-state index >= 15 is 0 Å². The van der Waals surface area contributed by atoms with Gasteiger partial charge in [-0.25, -0.2) is 9.59 Å². The third-order valence-corrected chi connectivity index (χ3v) is 6.65. The molecule has 1 amide bonds. The highest BCUT2D eigenvalue weighted by Crippen LogP contribution is 2.41. The number of halogens is 1. The molecule has 0 unspecified atom stereocenters. The van der Waals surface area contributed by atoms with Crippen molar-refractivity contribution in [3.63, 3.8) is 0 Å². The van der Waals surface area contributed by atoms with Crippen molar-refractivity contribution in [3.05, 3.63) is 57.4 Å². The molecule has 0 aliphatic carbocycles. The second-order valence-corrected chi connectivity index (χ2v) is 10.5. The Morgan fingerprint density at radius 1 is 1.16 bits per heavy atom. The minimum absolute atomic E-state index is 0.0350. The average molecular weight is 628 g/mol. The first-order chi connectivity index (χ1) is 20.3. The number of carbonyl (C=O) groups excluding carboxylic acids is 3. The van der Waals surface area contributed by atoms with E-state index in [9.17, 15) is 24.3 Å². The molecule has 0 saturated heterocycles. The van der Waals surface area contributed by atoms with Gasteiger partial charge in [0.05, 0.1) is 62.7 Å².